The van der Waals surface area contributed by atoms with Crippen LogP contribution < -0.4 is 0 Å². The van der Waals surface area contributed by atoms with Crippen molar-refractivity contribution in [3.05, 3.63) is 21.4 Å². The minimum atomic E-state index is -0.426. The van der Waals surface area contributed by atoms with Crippen LogP contribution in [0.15, 0.2) is 21.4 Å². The summed E-state index contributed by atoms with van der Waals surface area (Å²) in [5.74, 6) is 0. The Labute approximate surface area is 55.6 Å². The van der Waals surface area contributed by atoms with Gasteiger partial charge in [0.2, 0.25) is 0 Å². The van der Waals surface area contributed by atoms with Gasteiger partial charge in [-0.25, -0.2) is 0 Å². The quantitative estimate of drug-likeness (QED) is 0.581. The van der Waals surface area contributed by atoms with Crippen molar-refractivity contribution in [3.63, 3.8) is 0 Å². The summed E-state index contributed by atoms with van der Waals surface area (Å²) in [5.41, 5.74) is 1.47. The Morgan fingerprint density at radius 1 is 1.57 bits per heavy atom. The molecule has 0 nitrogen and oxygen atoms in total. The van der Waals surface area contributed by atoms with Gasteiger partial charge in [-0.05, 0) is 0 Å². The maximum atomic E-state index is 2.42. The first-order valence-electron chi connectivity index (χ1n) is 2.41. The molecular formula is C6H7Tl. The van der Waals surface area contributed by atoms with E-state index in [1.807, 2.05) is 0 Å². The average Bonchev–Trinajstić information content (AvgIpc) is 1.69. The predicted octanol–water partition coefficient (Wildman–Crippen LogP) is 0.966. The van der Waals surface area contributed by atoms with E-state index >= 15 is 0 Å². The molecule has 1 aliphatic rings. The first kappa shape index (κ1) is 5.41. The van der Waals surface area contributed by atoms with E-state index in [0.29, 0.717) is 0 Å². The van der Waals surface area contributed by atoms with Crippen LogP contribution in [-0.4, -0.2) is 27.3 Å². The van der Waals surface area contributed by atoms with E-state index in [0.717, 1.165) is 0 Å². The second kappa shape index (κ2) is 2.55. The zero-order valence-corrected chi connectivity index (χ0v) is 8.88. The molecule has 1 aliphatic heterocycles. The fourth-order valence-electron chi connectivity index (χ4n) is 0.534. The first-order valence-corrected chi connectivity index (χ1v) is 7.59. The van der Waals surface area contributed by atoms with Crippen molar-refractivity contribution in [2.45, 2.75) is 6.92 Å². The molecule has 0 unspecified atom stereocenters. The van der Waals surface area contributed by atoms with Gasteiger partial charge in [-0.15, -0.1) is 0 Å². The van der Waals surface area contributed by atoms with E-state index in [4.69, 9.17) is 0 Å². The standard InChI is InChI=1S/C6H7.Tl/c1-4-5-6(2)3;/h1-2,4-5H,3H3;. The van der Waals surface area contributed by atoms with E-state index < -0.39 is 23.7 Å². The van der Waals surface area contributed by atoms with Crippen LogP contribution in [0, 0.1) is 0 Å². The van der Waals surface area contributed by atoms with Crippen LogP contribution in [0.5, 0.6) is 0 Å². The van der Waals surface area contributed by atoms with Gasteiger partial charge in [0.15, 0.2) is 0 Å². The van der Waals surface area contributed by atoms with E-state index in [-0.39, 0.29) is 0 Å². The summed E-state index contributed by atoms with van der Waals surface area (Å²) in [7, 11) is 0. The van der Waals surface area contributed by atoms with Crippen molar-refractivity contribution in [2.75, 3.05) is 0 Å². The summed E-state index contributed by atoms with van der Waals surface area (Å²) in [6.45, 7) is 2.17. The van der Waals surface area contributed by atoms with Crippen LogP contribution >= 0.6 is 0 Å². The zero-order valence-electron chi connectivity index (χ0n) is 4.39. The van der Waals surface area contributed by atoms with Crippen LogP contribution in [-0.2, 0) is 0 Å². The Bertz CT molecular complexity index is 140. The van der Waals surface area contributed by atoms with Crippen LogP contribution in [0.3, 0.4) is 0 Å². The van der Waals surface area contributed by atoms with Gasteiger partial charge in [-0.3, -0.25) is 0 Å². The zero-order chi connectivity index (χ0) is 5.11. The van der Waals surface area contributed by atoms with Crippen LogP contribution in [0.1, 0.15) is 6.92 Å². The molecule has 0 radical (unpaired) electrons. The fourth-order valence-corrected chi connectivity index (χ4v) is 3.51. The molecule has 7 heavy (non-hydrogen) atoms. The summed E-state index contributed by atoms with van der Waals surface area (Å²) in [4.78, 5) is 0. The van der Waals surface area contributed by atoms with Gasteiger partial charge >= 0.3 is 55.6 Å². The Balaban J connectivity index is 2.82. The molecule has 1 rings (SSSR count). The van der Waals surface area contributed by atoms with Crippen LogP contribution in [0.4, 0.5) is 0 Å². The molecular weight excluding hydrogens is 276 g/mol. The second-order valence-electron chi connectivity index (χ2n) is 1.65. The summed E-state index contributed by atoms with van der Waals surface area (Å²) in [6, 6.07) is 0. The summed E-state index contributed by atoms with van der Waals surface area (Å²) < 4.78 is 4.77. The van der Waals surface area contributed by atoms with Gasteiger partial charge in [0.1, 0.15) is 0 Å². The third-order valence-corrected chi connectivity index (χ3v) is 5.46. The molecule has 0 amide bonds. The molecule has 34 valence electrons. The Kier molecular flexibility index (Phi) is 1.97. The molecule has 1 heteroatoms. The van der Waals surface area contributed by atoms with Gasteiger partial charge in [0.05, 0.1) is 0 Å². The maximum absolute atomic E-state index is 2.42. The number of allylic oxidation sites excluding steroid dienone is 3. The molecule has 0 spiro atoms. The monoisotopic (exact) mass is 284 g/mol. The molecule has 0 saturated carbocycles. The summed E-state index contributed by atoms with van der Waals surface area (Å²) in [6.07, 6.45) is 4.35. The molecule has 0 aromatic carbocycles. The number of rotatable bonds is 0. The van der Waals surface area contributed by atoms with E-state index in [1.54, 1.807) is 0 Å². The molecule has 0 aromatic rings. The van der Waals surface area contributed by atoms with Crippen molar-refractivity contribution in [1.29, 1.82) is 0 Å². The molecule has 0 N–H and O–H groups in total. The topological polar surface area (TPSA) is 0 Å². The van der Waals surface area contributed by atoms with E-state index in [2.05, 4.69) is 26.3 Å². The fraction of sp³-hybridized carbons (Fsp3) is 0.167. The Hall–Kier alpha value is 0.272. The number of hydrogen-bond donors (Lipinski definition) is 0. The van der Waals surface area contributed by atoms with Crippen molar-refractivity contribution in [3.8, 4) is 0 Å². The molecule has 1 heterocycles. The van der Waals surface area contributed by atoms with Gasteiger partial charge in [0, 0.05) is 0 Å². The molecule has 0 saturated heterocycles. The van der Waals surface area contributed by atoms with Gasteiger partial charge < -0.3 is 0 Å². The number of hydrogen-bond acceptors (Lipinski definition) is 0. The second-order valence-corrected chi connectivity index (χ2v) is 5.94. The van der Waals surface area contributed by atoms with Crippen LogP contribution in [0.25, 0.3) is 0 Å². The molecule has 0 atom stereocenters. The molecule has 0 bridgehead atoms. The van der Waals surface area contributed by atoms with Crippen molar-refractivity contribution in [1.82, 2.24) is 0 Å². The van der Waals surface area contributed by atoms with Crippen LogP contribution in [0.2, 0.25) is 0 Å². The predicted molar refractivity (Wildman–Crippen MR) is 34.7 cm³/mol. The van der Waals surface area contributed by atoms with Crippen molar-refractivity contribution in [2.24, 2.45) is 0 Å². The van der Waals surface area contributed by atoms with E-state index in [9.17, 15) is 0 Å². The van der Waals surface area contributed by atoms with Crippen molar-refractivity contribution < 1.29 is 0 Å². The van der Waals surface area contributed by atoms with Gasteiger partial charge in [0.25, 0.3) is 0 Å². The average molecular weight is 284 g/mol. The Morgan fingerprint density at radius 3 is 2.71 bits per heavy atom. The third-order valence-electron chi connectivity index (χ3n) is 0.940. The SMILES string of the molecule is CC1=CC=[CH][Tl]=[CH]1. The van der Waals surface area contributed by atoms with Crippen molar-refractivity contribution >= 4 is 27.3 Å². The minimum absolute atomic E-state index is 0.426. The summed E-state index contributed by atoms with van der Waals surface area (Å²) in [5, 5.41) is 0. The molecule has 0 aromatic heterocycles. The first-order chi connectivity index (χ1) is 3.39. The molecule has 0 fully saturated rings. The normalized spacial score (nSPS) is 15.9. The molecule has 0 aliphatic carbocycles. The van der Waals surface area contributed by atoms with Gasteiger partial charge in [-0.1, -0.05) is 0 Å². The summed E-state index contributed by atoms with van der Waals surface area (Å²) >= 11 is -0.426. The Morgan fingerprint density at radius 2 is 2.43 bits per heavy atom. The third kappa shape index (κ3) is 1.67. The van der Waals surface area contributed by atoms with Gasteiger partial charge in [-0.2, -0.15) is 0 Å². The van der Waals surface area contributed by atoms with E-state index in [1.165, 1.54) is 5.57 Å².